The highest BCUT2D eigenvalue weighted by atomic mass is 32.2. The van der Waals surface area contributed by atoms with E-state index in [4.69, 9.17) is 5.11 Å². The third-order valence-corrected chi connectivity index (χ3v) is 5.37. The topological polar surface area (TPSA) is 83.5 Å². The first-order valence-corrected chi connectivity index (χ1v) is 10.1. The van der Waals surface area contributed by atoms with Crippen LogP contribution < -0.4 is 4.72 Å². The summed E-state index contributed by atoms with van der Waals surface area (Å²) in [7, 11) is -3.45. The van der Waals surface area contributed by atoms with Crippen LogP contribution in [-0.2, 0) is 14.8 Å². The molecule has 0 radical (unpaired) electrons. The molecule has 2 N–H and O–H groups in total. The van der Waals surface area contributed by atoms with E-state index in [1.807, 2.05) is 36.4 Å². The molecule has 2 atom stereocenters. The molecule has 0 unspecified atom stereocenters. The summed E-state index contributed by atoms with van der Waals surface area (Å²) < 4.78 is 27.1. The Morgan fingerprint density at radius 2 is 2.00 bits per heavy atom. The van der Waals surface area contributed by atoms with Crippen LogP contribution in [0.25, 0.3) is 6.08 Å². The molecule has 1 aliphatic carbocycles. The van der Waals surface area contributed by atoms with Crippen LogP contribution in [0.4, 0.5) is 0 Å². The van der Waals surface area contributed by atoms with Gasteiger partial charge in [-0.1, -0.05) is 42.5 Å². The predicted octanol–water partition coefficient (Wildman–Crippen LogP) is 3.56. The molecule has 136 valence electrons. The lowest BCUT2D eigenvalue weighted by Crippen LogP contribution is -2.31. The number of allylic oxidation sites excluding steroid dienone is 2. The summed E-state index contributed by atoms with van der Waals surface area (Å²) in [6, 6.07) is 9.28. The maximum absolute atomic E-state index is 12.2. The number of unbranched alkanes of at least 4 members (excludes halogenated alkanes) is 1. The molecular weight excluding hydrogens is 338 g/mol. The van der Waals surface area contributed by atoms with Crippen molar-refractivity contribution in [2.24, 2.45) is 5.92 Å². The Bertz CT molecular complexity index is 710. The average molecular weight is 363 g/mol. The van der Waals surface area contributed by atoms with Crippen LogP contribution in [0.2, 0.25) is 0 Å². The zero-order chi connectivity index (χ0) is 18.1. The summed E-state index contributed by atoms with van der Waals surface area (Å²) in [6.07, 6.45) is 9.83. The van der Waals surface area contributed by atoms with Crippen LogP contribution in [0, 0.1) is 5.92 Å². The Kier molecular flexibility index (Phi) is 7.40. The van der Waals surface area contributed by atoms with Crippen molar-refractivity contribution in [2.75, 3.05) is 0 Å². The van der Waals surface area contributed by atoms with Gasteiger partial charge in [-0.2, -0.15) is 0 Å². The van der Waals surface area contributed by atoms with E-state index >= 15 is 0 Å². The zero-order valence-corrected chi connectivity index (χ0v) is 15.0. The monoisotopic (exact) mass is 363 g/mol. The van der Waals surface area contributed by atoms with Crippen molar-refractivity contribution in [2.45, 2.75) is 44.6 Å². The first-order chi connectivity index (χ1) is 11.9. The van der Waals surface area contributed by atoms with E-state index in [2.05, 4.69) is 10.8 Å². The van der Waals surface area contributed by atoms with Crippen LogP contribution in [0.5, 0.6) is 0 Å². The van der Waals surface area contributed by atoms with Gasteiger partial charge >= 0.3 is 5.97 Å². The van der Waals surface area contributed by atoms with Crippen molar-refractivity contribution < 1.29 is 18.3 Å². The van der Waals surface area contributed by atoms with Crippen molar-refractivity contribution in [3.63, 3.8) is 0 Å². The molecule has 0 spiro atoms. The van der Waals surface area contributed by atoms with Crippen LogP contribution >= 0.6 is 0 Å². The minimum Gasteiger partial charge on any atom is -0.481 e. The number of aliphatic carboxylic acids is 1. The minimum absolute atomic E-state index is 0.0425. The molecule has 1 aromatic rings. The number of carboxylic acid groups (broad SMARTS) is 1. The van der Waals surface area contributed by atoms with Gasteiger partial charge in [-0.05, 0) is 49.7 Å². The SMILES string of the molecule is O=C(O)CCC/C=C\[C@@H]1CC[C@@H](NS(=O)(=O)C=Cc2ccccc2)C1. The van der Waals surface area contributed by atoms with Gasteiger partial charge in [-0.3, -0.25) is 4.79 Å². The smallest absolute Gasteiger partial charge is 0.303 e. The number of hydrogen-bond donors (Lipinski definition) is 2. The molecule has 25 heavy (non-hydrogen) atoms. The molecular formula is C19H25NO4S. The summed E-state index contributed by atoms with van der Waals surface area (Å²) in [5.74, 6) is -0.414. The molecule has 0 saturated heterocycles. The lowest BCUT2D eigenvalue weighted by atomic mass is 10.1. The third kappa shape index (κ3) is 7.67. The summed E-state index contributed by atoms with van der Waals surface area (Å²) in [4.78, 5) is 10.4. The summed E-state index contributed by atoms with van der Waals surface area (Å²) in [6.45, 7) is 0. The van der Waals surface area contributed by atoms with E-state index in [9.17, 15) is 13.2 Å². The molecule has 0 bridgehead atoms. The highest BCUT2D eigenvalue weighted by Crippen LogP contribution is 2.27. The number of carboxylic acids is 1. The normalized spacial score (nSPS) is 21.3. The van der Waals surface area contributed by atoms with E-state index in [0.717, 1.165) is 31.2 Å². The number of benzene rings is 1. The number of nitrogens with one attached hydrogen (secondary N) is 1. The van der Waals surface area contributed by atoms with Gasteiger partial charge in [-0.15, -0.1) is 0 Å². The van der Waals surface area contributed by atoms with Gasteiger partial charge in [0.2, 0.25) is 10.0 Å². The second-order valence-electron chi connectivity index (χ2n) is 6.36. The zero-order valence-electron chi connectivity index (χ0n) is 14.2. The van der Waals surface area contributed by atoms with E-state index in [1.54, 1.807) is 6.08 Å². The van der Waals surface area contributed by atoms with Crippen LogP contribution in [-0.4, -0.2) is 25.5 Å². The maximum atomic E-state index is 12.2. The fourth-order valence-corrected chi connectivity index (χ4v) is 4.06. The quantitative estimate of drug-likeness (QED) is 0.519. The van der Waals surface area contributed by atoms with E-state index in [1.165, 1.54) is 5.41 Å². The highest BCUT2D eigenvalue weighted by molar-refractivity contribution is 7.92. The van der Waals surface area contributed by atoms with Gasteiger partial charge in [-0.25, -0.2) is 13.1 Å². The number of hydrogen-bond acceptors (Lipinski definition) is 3. The number of carbonyl (C=O) groups is 1. The third-order valence-electron chi connectivity index (χ3n) is 4.21. The van der Waals surface area contributed by atoms with Crippen LogP contribution in [0.15, 0.2) is 47.9 Å². The number of rotatable bonds is 9. The van der Waals surface area contributed by atoms with Gasteiger partial charge in [0.05, 0.1) is 0 Å². The lowest BCUT2D eigenvalue weighted by Gasteiger charge is -2.10. The Balaban J connectivity index is 1.77. The van der Waals surface area contributed by atoms with Crippen LogP contribution in [0.1, 0.15) is 44.1 Å². The Morgan fingerprint density at radius 3 is 2.72 bits per heavy atom. The van der Waals surface area contributed by atoms with Gasteiger partial charge in [0.1, 0.15) is 0 Å². The molecule has 1 aliphatic rings. The molecule has 0 heterocycles. The van der Waals surface area contributed by atoms with Gasteiger partial charge < -0.3 is 5.11 Å². The highest BCUT2D eigenvalue weighted by Gasteiger charge is 2.25. The molecule has 1 fully saturated rings. The molecule has 2 rings (SSSR count). The van der Waals surface area contributed by atoms with Crippen molar-refractivity contribution in [1.29, 1.82) is 0 Å². The Hall–Kier alpha value is -1.92. The van der Waals surface area contributed by atoms with E-state index in [-0.39, 0.29) is 12.5 Å². The Morgan fingerprint density at radius 1 is 1.24 bits per heavy atom. The summed E-state index contributed by atoms with van der Waals surface area (Å²) in [5, 5.41) is 9.81. The average Bonchev–Trinajstić information content (AvgIpc) is 3.00. The second-order valence-corrected chi connectivity index (χ2v) is 7.96. The molecule has 0 aliphatic heterocycles. The molecule has 1 aromatic carbocycles. The molecule has 0 amide bonds. The number of sulfonamides is 1. The lowest BCUT2D eigenvalue weighted by molar-refractivity contribution is -0.137. The molecule has 6 heteroatoms. The molecule has 0 aromatic heterocycles. The predicted molar refractivity (Wildman–Crippen MR) is 99.3 cm³/mol. The fraction of sp³-hybridized carbons (Fsp3) is 0.421. The second kappa shape index (κ2) is 9.53. The largest absolute Gasteiger partial charge is 0.481 e. The summed E-state index contributed by atoms with van der Waals surface area (Å²) in [5.41, 5.74) is 0.849. The van der Waals surface area contributed by atoms with Crippen molar-refractivity contribution in [3.05, 3.63) is 53.5 Å². The maximum Gasteiger partial charge on any atom is 0.303 e. The minimum atomic E-state index is -3.45. The van der Waals surface area contributed by atoms with E-state index in [0.29, 0.717) is 12.3 Å². The van der Waals surface area contributed by atoms with Crippen molar-refractivity contribution in [1.82, 2.24) is 4.72 Å². The van der Waals surface area contributed by atoms with E-state index < -0.39 is 16.0 Å². The van der Waals surface area contributed by atoms with Crippen LogP contribution in [0.3, 0.4) is 0 Å². The van der Waals surface area contributed by atoms with Gasteiger partial charge in [0.15, 0.2) is 0 Å². The summed E-state index contributed by atoms with van der Waals surface area (Å²) >= 11 is 0. The molecule has 5 nitrogen and oxygen atoms in total. The van der Waals surface area contributed by atoms with Crippen molar-refractivity contribution in [3.8, 4) is 0 Å². The first-order valence-electron chi connectivity index (χ1n) is 8.58. The van der Waals surface area contributed by atoms with Gasteiger partial charge in [0.25, 0.3) is 0 Å². The Labute approximate surface area is 149 Å². The fourth-order valence-electron chi connectivity index (χ4n) is 2.96. The van der Waals surface area contributed by atoms with Gasteiger partial charge in [0, 0.05) is 17.9 Å². The molecule has 1 saturated carbocycles. The first kappa shape index (κ1) is 19.4. The standard InChI is InChI=1S/C19H25NO4S/c21-19(22)10-6-2-5-9-17-11-12-18(15-17)20-25(23,24)14-13-16-7-3-1-4-8-16/h1,3-5,7-9,13-14,17-18,20H,2,6,10-12,15H2,(H,21,22)/b9-5-,14-13?/t17-,18-/m1/s1. The van der Waals surface area contributed by atoms with Crippen molar-refractivity contribution >= 4 is 22.1 Å².